The average molecular weight is 288 g/mol. The molecule has 0 aliphatic rings. The molecule has 0 spiro atoms. The molecule has 0 aliphatic heterocycles. The van der Waals surface area contributed by atoms with E-state index in [0.29, 0.717) is 0 Å². The molecule has 2 rings (SSSR count). The summed E-state index contributed by atoms with van der Waals surface area (Å²) in [5.74, 6) is 0. The van der Waals surface area contributed by atoms with Crippen LogP contribution in [0.5, 0.6) is 0 Å². The van der Waals surface area contributed by atoms with Gasteiger partial charge in [0.2, 0.25) is 0 Å². The highest BCUT2D eigenvalue weighted by Gasteiger charge is 2.09. The summed E-state index contributed by atoms with van der Waals surface area (Å²) in [5, 5.41) is 4.33. The summed E-state index contributed by atoms with van der Waals surface area (Å²) in [4.78, 5) is 1.33. The van der Waals surface area contributed by atoms with E-state index in [1.54, 1.807) is 23.1 Å². The number of hydrogen-bond acceptors (Lipinski definition) is 3. The van der Waals surface area contributed by atoms with Gasteiger partial charge in [0.15, 0.2) is 0 Å². The van der Waals surface area contributed by atoms with Crippen LogP contribution >= 0.6 is 39.0 Å². The Labute approximate surface area is 99.8 Å². The predicted molar refractivity (Wildman–Crippen MR) is 70.6 cm³/mol. The molecule has 1 nitrogen and oxygen atoms in total. The number of nitrogens with two attached hydrogens (primary N) is 1. The SMILES string of the molecule is CSc1csc2ccc(N)c(CBr)c12. The van der Waals surface area contributed by atoms with Crippen LogP contribution in [0.25, 0.3) is 10.1 Å². The van der Waals surface area contributed by atoms with Crippen molar-refractivity contribution in [3.05, 3.63) is 23.1 Å². The summed E-state index contributed by atoms with van der Waals surface area (Å²) in [6.45, 7) is 0. The van der Waals surface area contributed by atoms with Gasteiger partial charge in [-0.3, -0.25) is 0 Å². The third-order valence-electron chi connectivity index (χ3n) is 2.20. The minimum Gasteiger partial charge on any atom is -0.398 e. The Hall–Kier alpha value is -0.190. The number of rotatable bonds is 2. The Morgan fingerprint density at radius 3 is 2.93 bits per heavy atom. The normalized spacial score (nSPS) is 11.0. The highest BCUT2D eigenvalue weighted by Crippen LogP contribution is 2.37. The van der Waals surface area contributed by atoms with E-state index in [2.05, 4.69) is 33.6 Å². The van der Waals surface area contributed by atoms with Crippen molar-refractivity contribution in [3.8, 4) is 0 Å². The molecule has 1 heterocycles. The molecular weight excluding hydrogens is 278 g/mol. The lowest BCUT2D eigenvalue weighted by molar-refractivity contribution is 1.46. The first-order chi connectivity index (χ1) is 6.77. The van der Waals surface area contributed by atoms with Crippen LogP contribution < -0.4 is 5.73 Å². The fourth-order valence-electron chi connectivity index (χ4n) is 1.48. The number of thiophene rings is 1. The number of anilines is 1. The van der Waals surface area contributed by atoms with E-state index >= 15 is 0 Å². The molecule has 0 atom stereocenters. The second-order valence-electron chi connectivity index (χ2n) is 2.94. The van der Waals surface area contributed by atoms with Crippen LogP contribution in [0.4, 0.5) is 5.69 Å². The number of hydrogen-bond donors (Lipinski definition) is 1. The van der Waals surface area contributed by atoms with E-state index in [1.165, 1.54) is 20.5 Å². The van der Waals surface area contributed by atoms with E-state index in [4.69, 9.17) is 5.73 Å². The van der Waals surface area contributed by atoms with Gasteiger partial charge in [-0.2, -0.15) is 0 Å². The topological polar surface area (TPSA) is 26.0 Å². The van der Waals surface area contributed by atoms with Crippen molar-refractivity contribution < 1.29 is 0 Å². The Balaban J connectivity index is 2.81. The number of nitrogen functional groups attached to an aromatic ring is 1. The van der Waals surface area contributed by atoms with Crippen LogP contribution in [0.2, 0.25) is 0 Å². The number of thioether (sulfide) groups is 1. The summed E-state index contributed by atoms with van der Waals surface area (Å²) in [6, 6.07) is 4.08. The second kappa shape index (κ2) is 4.13. The molecule has 0 saturated heterocycles. The Bertz CT molecular complexity index is 464. The molecule has 2 aromatic rings. The quantitative estimate of drug-likeness (QED) is 0.511. The first-order valence-corrected chi connectivity index (χ1v) is 7.39. The molecule has 0 amide bonds. The highest BCUT2D eigenvalue weighted by atomic mass is 79.9. The Kier molecular flexibility index (Phi) is 3.04. The monoisotopic (exact) mass is 287 g/mol. The van der Waals surface area contributed by atoms with E-state index < -0.39 is 0 Å². The van der Waals surface area contributed by atoms with Crippen molar-refractivity contribution in [1.29, 1.82) is 0 Å². The summed E-state index contributed by atoms with van der Waals surface area (Å²) in [7, 11) is 0. The van der Waals surface area contributed by atoms with Gasteiger partial charge in [0, 0.05) is 31.4 Å². The molecule has 0 bridgehead atoms. The van der Waals surface area contributed by atoms with Crippen molar-refractivity contribution >= 4 is 54.8 Å². The maximum atomic E-state index is 5.95. The molecule has 1 aromatic carbocycles. The zero-order valence-electron chi connectivity index (χ0n) is 7.71. The average Bonchev–Trinajstić information content (AvgIpc) is 2.61. The molecule has 0 fully saturated rings. The molecule has 0 radical (unpaired) electrons. The highest BCUT2D eigenvalue weighted by molar-refractivity contribution is 9.08. The van der Waals surface area contributed by atoms with E-state index in [9.17, 15) is 0 Å². The molecular formula is C10H10BrNS2. The van der Waals surface area contributed by atoms with E-state index in [-0.39, 0.29) is 0 Å². The zero-order chi connectivity index (χ0) is 10.1. The van der Waals surface area contributed by atoms with Gasteiger partial charge in [-0.15, -0.1) is 23.1 Å². The fourth-order valence-corrected chi connectivity index (χ4v) is 3.97. The lowest BCUT2D eigenvalue weighted by atomic mass is 10.1. The Morgan fingerprint density at radius 1 is 1.50 bits per heavy atom. The minimum absolute atomic E-state index is 0.820. The van der Waals surface area contributed by atoms with Gasteiger partial charge >= 0.3 is 0 Å². The lowest BCUT2D eigenvalue weighted by Crippen LogP contribution is -1.91. The van der Waals surface area contributed by atoms with Crippen molar-refractivity contribution in [1.82, 2.24) is 0 Å². The van der Waals surface area contributed by atoms with Gasteiger partial charge < -0.3 is 5.73 Å². The van der Waals surface area contributed by atoms with E-state index in [0.717, 1.165) is 11.0 Å². The third-order valence-corrected chi connectivity index (χ3v) is 4.62. The molecule has 0 unspecified atom stereocenters. The second-order valence-corrected chi connectivity index (χ2v) is 5.26. The number of halogens is 1. The largest absolute Gasteiger partial charge is 0.398 e. The summed E-state index contributed by atoms with van der Waals surface area (Å²) in [6.07, 6.45) is 2.10. The van der Waals surface area contributed by atoms with Crippen LogP contribution in [0, 0.1) is 0 Å². The number of alkyl halides is 1. The summed E-state index contributed by atoms with van der Waals surface area (Å²) in [5.41, 5.74) is 8.04. The Morgan fingerprint density at radius 2 is 2.29 bits per heavy atom. The summed E-state index contributed by atoms with van der Waals surface area (Å²) >= 11 is 7.05. The maximum absolute atomic E-state index is 5.95. The molecule has 0 saturated carbocycles. The van der Waals surface area contributed by atoms with Crippen molar-refractivity contribution in [3.63, 3.8) is 0 Å². The zero-order valence-corrected chi connectivity index (χ0v) is 10.9. The van der Waals surface area contributed by atoms with Crippen molar-refractivity contribution in [2.45, 2.75) is 10.2 Å². The van der Waals surface area contributed by atoms with Gasteiger partial charge in [0.05, 0.1) is 0 Å². The molecule has 4 heteroatoms. The van der Waals surface area contributed by atoms with Crippen LogP contribution in [0.3, 0.4) is 0 Å². The molecule has 1 aromatic heterocycles. The van der Waals surface area contributed by atoms with Crippen LogP contribution in [0.1, 0.15) is 5.56 Å². The van der Waals surface area contributed by atoms with Crippen molar-refractivity contribution in [2.75, 3.05) is 12.0 Å². The van der Waals surface area contributed by atoms with Crippen LogP contribution in [-0.2, 0) is 5.33 Å². The third kappa shape index (κ3) is 1.55. The molecule has 74 valence electrons. The maximum Gasteiger partial charge on any atom is 0.0362 e. The molecule has 14 heavy (non-hydrogen) atoms. The van der Waals surface area contributed by atoms with Gasteiger partial charge in [0.1, 0.15) is 0 Å². The fraction of sp³-hybridized carbons (Fsp3) is 0.200. The first kappa shape index (κ1) is 10.3. The minimum atomic E-state index is 0.820. The summed E-state index contributed by atoms with van der Waals surface area (Å²) < 4.78 is 1.32. The van der Waals surface area contributed by atoms with Crippen LogP contribution in [0.15, 0.2) is 22.4 Å². The van der Waals surface area contributed by atoms with Crippen molar-refractivity contribution in [2.24, 2.45) is 0 Å². The molecule has 2 N–H and O–H groups in total. The van der Waals surface area contributed by atoms with E-state index in [1.807, 2.05) is 6.07 Å². The van der Waals surface area contributed by atoms with Gasteiger partial charge in [-0.05, 0) is 24.0 Å². The number of benzene rings is 1. The number of fused-ring (bicyclic) bond motifs is 1. The molecule has 0 aliphatic carbocycles. The van der Waals surface area contributed by atoms with Gasteiger partial charge in [-0.1, -0.05) is 15.9 Å². The first-order valence-electron chi connectivity index (χ1n) is 4.16. The van der Waals surface area contributed by atoms with Gasteiger partial charge in [0.25, 0.3) is 0 Å². The standard InChI is InChI=1S/C10H10BrNS2/c1-13-9-5-14-8-3-2-7(12)6(4-11)10(8)9/h2-3,5H,4,12H2,1H3. The lowest BCUT2D eigenvalue weighted by Gasteiger charge is -2.05. The smallest absolute Gasteiger partial charge is 0.0362 e. The van der Waals surface area contributed by atoms with Gasteiger partial charge in [-0.25, -0.2) is 0 Å². The van der Waals surface area contributed by atoms with Crippen LogP contribution in [-0.4, -0.2) is 6.26 Å². The predicted octanol–water partition coefficient (Wildman–Crippen LogP) is 4.10.